The van der Waals surface area contributed by atoms with Crippen molar-refractivity contribution in [3.63, 3.8) is 0 Å². The van der Waals surface area contributed by atoms with Crippen molar-refractivity contribution in [2.75, 3.05) is 7.11 Å². The van der Waals surface area contributed by atoms with Gasteiger partial charge in [0, 0.05) is 24.1 Å². The Kier molecular flexibility index (Phi) is 6.36. The zero-order valence-corrected chi connectivity index (χ0v) is 17.7. The molecule has 2 atom stereocenters. The van der Waals surface area contributed by atoms with Crippen LogP contribution in [0.3, 0.4) is 0 Å². The number of rotatable bonds is 5. The molecule has 2 aliphatic carbocycles. The maximum atomic E-state index is 13.5. The summed E-state index contributed by atoms with van der Waals surface area (Å²) in [5, 5.41) is 0.0998. The lowest BCUT2D eigenvalue weighted by Crippen LogP contribution is -2.23. The van der Waals surface area contributed by atoms with Crippen LogP contribution in [0.5, 0.6) is 0 Å². The molecule has 0 heterocycles. The largest absolute Gasteiger partial charge is 0.460 e. The molecule has 146 valence electrons. The Morgan fingerprint density at radius 1 is 1.04 bits per heavy atom. The van der Waals surface area contributed by atoms with Crippen LogP contribution in [0.1, 0.15) is 68.7 Å². The summed E-state index contributed by atoms with van der Waals surface area (Å²) >= 11 is 5.20. The number of methoxy groups -OCH3 is 1. The molecule has 2 unspecified atom stereocenters. The van der Waals surface area contributed by atoms with Crippen molar-refractivity contribution in [3.8, 4) is 0 Å². The summed E-state index contributed by atoms with van der Waals surface area (Å²) in [6, 6.07) is 4.51. The summed E-state index contributed by atoms with van der Waals surface area (Å²) in [4.78, 5) is 13.5. The quantitative estimate of drug-likeness (QED) is 0.633. The Bertz CT molecular complexity index is 753. The summed E-state index contributed by atoms with van der Waals surface area (Å²) in [6.45, 7) is 6.49. The van der Waals surface area contributed by atoms with Gasteiger partial charge in [-0.05, 0) is 54.4 Å². The van der Waals surface area contributed by atoms with Gasteiger partial charge in [0.1, 0.15) is 5.76 Å². The molecule has 1 saturated carbocycles. The van der Waals surface area contributed by atoms with E-state index >= 15 is 0 Å². The van der Waals surface area contributed by atoms with Crippen LogP contribution in [0.25, 0.3) is 5.57 Å². The first kappa shape index (κ1) is 20.1. The summed E-state index contributed by atoms with van der Waals surface area (Å²) in [5.74, 6) is 1.16. The number of benzene rings is 1. The van der Waals surface area contributed by atoms with Gasteiger partial charge in [-0.2, -0.15) is 0 Å². The molecule has 0 aliphatic heterocycles. The van der Waals surface area contributed by atoms with Gasteiger partial charge in [-0.3, -0.25) is 4.79 Å². The van der Waals surface area contributed by atoms with Crippen LogP contribution in [0.4, 0.5) is 0 Å². The number of hydrogen-bond donors (Lipinski definition) is 0. The van der Waals surface area contributed by atoms with E-state index in [1.807, 2.05) is 0 Å². The number of carbonyl (C=O) groups is 1. The van der Waals surface area contributed by atoms with E-state index in [9.17, 15) is 4.79 Å². The van der Waals surface area contributed by atoms with Gasteiger partial charge in [0.15, 0.2) is 5.78 Å². The highest BCUT2D eigenvalue weighted by atomic mass is 32.1. The maximum absolute atomic E-state index is 13.5. The lowest BCUT2D eigenvalue weighted by Gasteiger charge is -2.25. The molecule has 0 spiro atoms. The second-order valence-corrected chi connectivity index (χ2v) is 7.84. The lowest BCUT2D eigenvalue weighted by molar-refractivity contribution is -0.118. The molecule has 1 aromatic carbocycles. The van der Waals surface area contributed by atoms with Crippen LogP contribution >= 0.6 is 12.2 Å². The van der Waals surface area contributed by atoms with Crippen LogP contribution in [0.15, 0.2) is 17.9 Å². The number of ketones is 1. The summed E-state index contributed by atoms with van der Waals surface area (Å²) in [6.07, 6.45) is 6.94. The van der Waals surface area contributed by atoms with Crippen LogP contribution in [0, 0.1) is 11.8 Å². The fraction of sp³-hybridized carbons (Fsp3) is 0.565. The summed E-state index contributed by atoms with van der Waals surface area (Å²) < 4.78 is 11.1. The fourth-order valence-electron chi connectivity index (χ4n) is 4.68. The van der Waals surface area contributed by atoms with Gasteiger partial charge in [0.05, 0.1) is 12.7 Å². The highest BCUT2D eigenvalue weighted by Crippen LogP contribution is 2.48. The Balaban J connectivity index is 2.22. The molecular formula is C23H30O3S. The molecule has 0 bridgehead atoms. The molecule has 0 amide bonds. The Labute approximate surface area is 168 Å². The van der Waals surface area contributed by atoms with Crippen molar-refractivity contribution >= 4 is 28.8 Å². The van der Waals surface area contributed by atoms with E-state index in [4.69, 9.17) is 21.7 Å². The van der Waals surface area contributed by atoms with Crippen molar-refractivity contribution in [3.05, 3.63) is 40.1 Å². The smallest absolute Gasteiger partial charge is 0.357 e. The molecule has 0 saturated heterocycles. The van der Waals surface area contributed by atoms with Crippen LogP contribution in [-0.4, -0.2) is 18.1 Å². The van der Waals surface area contributed by atoms with E-state index in [0.717, 1.165) is 61.8 Å². The number of allylic oxidation sites excluding steroid dienone is 2. The van der Waals surface area contributed by atoms with Gasteiger partial charge in [-0.25, -0.2) is 0 Å². The molecule has 0 aromatic heterocycles. The Morgan fingerprint density at radius 3 is 2.15 bits per heavy atom. The summed E-state index contributed by atoms with van der Waals surface area (Å²) in [5.41, 5.74) is 5.65. The van der Waals surface area contributed by atoms with E-state index in [2.05, 4.69) is 32.9 Å². The minimum absolute atomic E-state index is 0.0312. The third-order valence-electron chi connectivity index (χ3n) is 6.07. The number of thiocarbonyl (C=S) groups is 1. The minimum atomic E-state index is 0.0312. The molecule has 3 rings (SSSR count). The number of carbonyl (C=O) groups excluding carboxylic acids is 1. The zero-order chi connectivity index (χ0) is 19.6. The maximum Gasteiger partial charge on any atom is 0.357 e. The predicted molar refractivity (Wildman–Crippen MR) is 113 cm³/mol. The molecule has 1 aromatic rings. The van der Waals surface area contributed by atoms with Crippen LogP contribution in [-0.2, 0) is 33.5 Å². The van der Waals surface area contributed by atoms with Gasteiger partial charge in [0.25, 0.3) is 0 Å². The van der Waals surface area contributed by atoms with Gasteiger partial charge in [-0.15, -0.1) is 0 Å². The SMILES string of the molecule is CCc1cc(CC)c(C2=C(OC(=S)OC)C3CCCCC3C2=O)c(CC)c1. The predicted octanol–water partition coefficient (Wildman–Crippen LogP) is 5.42. The third kappa shape index (κ3) is 3.69. The number of fused-ring (bicyclic) bond motifs is 1. The highest BCUT2D eigenvalue weighted by molar-refractivity contribution is 7.79. The van der Waals surface area contributed by atoms with Gasteiger partial charge < -0.3 is 9.47 Å². The molecule has 0 N–H and O–H groups in total. The Morgan fingerprint density at radius 2 is 1.63 bits per heavy atom. The zero-order valence-electron chi connectivity index (χ0n) is 16.9. The number of Topliss-reactive ketones (excluding diaryl/α,β-unsaturated/α-hetero) is 1. The fourth-order valence-corrected chi connectivity index (χ4v) is 4.77. The second kappa shape index (κ2) is 8.55. The molecular weight excluding hydrogens is 356 g/mol. The van der Waals surface area contributed by atoms with E-state index in [-0.39, 0.29) is 22.9 Å². The monoisotopic (exact) mass is 386 g/mol. The molecule has 3 nitrogen and oxygen atoms in total. The lowest BCUT2D eigenvalue weighted by atomic mass is 9.80. The number of aryl methyl sites for hydroxylation is 3. The first-order valence-corrected chi connectivity index (χ1v) is 10.7. The van der Waals surface area contributed by atoms with E-state index in [1.165, 1.54) is 23.8 Å². The minimum Gasteiger partial charge on any atom is -0.460 e. The molecule has 27 heavy (non-hydrogen) atoms. The van der Waals surface area contributed by atoms with E-state index < -0.39 is 0 Å². The van der Waals surface area contributed by atoms with Crippen molar-refractivity contribution in [1.82, 2.24) is 0 Å². The van der Waals surface area contributed by atoms with Crippen molar-refractivity contribution in [1.29, 1.82) is 0 Å². The topological polar surface area (TPSA) is 35.5 Å². The van der Waals surface area contributed by atoms with Gasteiger partial charge in [0.2, 0.25) is 0 Å². The average molecular weight is 387 g/mol. The van der Waals surface area contributed by atoms with Gasteiger partial charge >= 0.3 is 5.24 Å². The van der Waals surface area contributed by atoms with Crippen molar-refractivity contribution in [2.24, 2.45) is 11.8 Å². The van der Waals surface area contributed by atoms with Crippen molar-refractivity contribution < 1.29 is 14.3 Å². The first-order chi connectivity index (χ1) is 13.0. The number of hydrogen-bond acceptors (Lipinski definition) is 4. The van der Waals surface area contributed by atoms with Crippen LogP contribution < -0.4 is 0 Å². The molecule has 2 aliphatic rings. The first-order valence-electron chi connectivity index (χ1n) is 10.2. The average Bonchev–Trinajstić information content (AvgIpc) is 2.98. The van der Waals surface area contributed by atoms with E-state index in [1.54, 1.807) is 0 Å². The van der Waals surface area contributed by atoms with E-state index in [0.29, 0.717) is 0 Å². The molecule has 4 heteroatoms. The summed E-state index contributed by atoms with van der Waals surface area (Å²) in [7, 11) is 1.52. The Hall–Kier alpha value is -1.68. The highest BCUT2D eigenvalue weighted by Gasteiger charge is 2.46. The molecule has 1 fully saturated rings. The normalized spacial score (nSPS) is 22.0. The molecule has 0 radical (unpaired) electrons. The van der Waals surface area contributed by atoms with Crippen LogP contribution in [0.2, 0.25) is 0 Å². The standard InChI is InChI=1S/C23H30O3S/c1-5-14-12-15(6-2)19(16(7-3)13-14)20-21(24)17-10-8-9-11-18(17)22(20)26-23(27)25-4/h12-13,17-18H,5-11H2,1-4H3. The second-order valence-electron chi connectivity index (χ2n) is 7.51. The third-order valence-corrected chi connectivity index (χ3v) is 6.32. The van der Waals surface area contributed by atoms with Crippen molar-refractivity contribution in [2.45, 2.75) is 65.7 Å². The van der Waals surface area contributed by atoms with Gasteiger partial charge in [-0.1, -0.05) is 45.7 Å². The number of ether oxygens (including phenoxy) is 2.